The van der Waals surface area contributed by atoms with E-state index in [1.807, 2.05) is 0 Å². The van der Waals surface area contributed by atoms with Crippen LogP contribution in [0, 0.1) is 0 Å². The van der Waals surface area contributed by atoms with Crippen LogP contribution in [0.15, 0.2) is 18.2 Å². The Labute approximate surface area is 155 Å². The lowest BCUT2D eigenvalue weighted by molar-refractivity contribution is -0.130. The van der Waals surface area contributed by atoms with Gasteiger partial charge in [-0.3, -0.25) is 14.9 Å². The second-order valence-corrected chi connectivity index (χ2v) is 6.11. The molecule has 1 unspecified atom stereocenters. The van der Waals surface area contributed by atoms with Crippen LogP contribution in [0.1, 0.15) is 6.42 Å². The van der Waals surface area contributed by atoms with Gasteiger partial charge in [0.05, 0.1) is 17.6 Å². The number of nitrogens with zero attached hydrogens (tertiary/aromatic N) is 1. The van der Waals surface area contributed by atoms with Crippen molar-refractivity contribution in [2.75, 3.05) is 32.6 Å². The molecule has 1 aromatic carbocycles. The van der Waals surface area contributed by atoms with E-state index in [-0.39, 0.29) is 35.7 Å². The first-order valence-electron chi connectivity index (χ1n) is 7.22. The molecule has 1 aliphatic heterocycles. The van der Waals surface area contributed by atoms with Crippen LogP contribution < -0.4 is 15.4 Å². The number of carbonyl (C=O) groups is 2. The third kappa shape index (κ3) is 5.98. The van der Waals surface area contributed by atoms with Crippen molar-refractivity contribution in [1.29, 1.82) is 0 Å². The molecule has 140 valence electrons. The quantitative estimate of drug-likeness (QED) is 0.798. The Morgan fingerprint density at radius 3 is 2.64 bits per heavy atom. The molecule has 1 saturated heterocycles. The molecule has 6 nitrogen and oxygen atoms in total. The lowest BCUT2D eigenvalue weighted by atomic mass is 10.2. The Balaban J connectivity index is 0.00000312. The average Bonchev–Trinajstić information content (AvgIpc) is 2.86. The number of nitrogens with one attached hydrogen (secondary N) is 2. The van der Waals surface area contributed by atoms with Crippen molar-refractivity contribution >= 4 is 41.5 Å². The lowest BCUT2D eigenvalue weighted by Gasteiger charge is -2.14. The summed E-state index contributed by atoms with van der Waals surface area (Å²) in [6.07, 6.45) is -0.541. The summed E-state index contributed by atoms with van der Waals surface area (Å²) in [5.41, 5.74) is 0.355. The van der Waals surface area contributed by atoms with Crippen LogP contribution in [-0.4, -0.2) is 55.9 Å². The van der Waals surface area contributed by atoms with Gasteiger partial charge in [0.1, 0.15) is 5.75 Å². The zero-order valence-corrected chi connectivity index (χ0v) is 15.2. The van der Waals surface area contributed by atoms with Crippen LogP contribution in [0.25, 0.3) is 0 Å². The summed E-state index contributed by atoms with van der Waals surface area (Å²) in [5.74, 6) is -3.37. The van der Waals surface area contributed by atoms with E-state index < -0.39 is 30.8 Å². The molecule has 1 fully saturated rings. The highest BCUT2D eigenvalue weighted by Gasteiger charge is 2.42. The van der Waals surface area contributed by atoms with Gasteiger partial charge in [0, 0.05) is 26.2 Å². The summed E-state index contributed by atoms with van der Waals surface area (Å²) in [6, 6.07) is 3.50. The molecule has 1 aliphatic rings. The average molecular weight is 398 g/mol. The standard InChI is InChI=1S/C15H18ClF2N3O3.ClH/c1-21(2)13(22)7-24-12-4-3-9(5-10(12)16)20-14(23)11-6-15(17,18)8-19-11;/h3-5,11,19H,6-8H2,1-2H3,(H,20,23);1H. The molecule has 0 radical (unpaired) electrons. The minimum absolute atomic E-state index is 0. The number of carbonyl (C=O) groups excluding carboxylic acids is 2. The van der Waals surface area contributed by atoms with Crippen LogP contribution in [0.5, 0.6) is 5.75 Å². The second kappa shape index (κ2) is 8.64. The molecular formula is C15H19Cl2F2N3O3. The van der Waals surface area contributed by atoms with E-state index >= 15 is 0 Å². The van der Waals surface area contributed by atoms with E-state index in [2.05, 4.69) is 10.6 Å². The van der Waals surface area contributed by atoms with Crippen LogP contribution in [0.2, 0.25) is 5.02 Å². The zero-order chi connectivity index (χ0) is 17.9. The molecule has 1 atom stereocenters. The number of benzene rings is 1. The number of alkyl halides is 2. The highest BCUT2D eigenvalue weighted by atomic mass is 35.5. The molecule has 2 rings (SSSR count). The third-order valence-electron chi connectivity index (χ3n) is 3.48. The SMILES string of the molecule is CN(C)C(=O)COc1ccc(NC(=O)C2CC(F)(F)CN2)cc1Cl.Cl. The Hall–Kier alpha value is -1.64. The largest absolute Gasteiger partial charge is 0.482 e. The van der Waals surface area contributed by atoms with Gasteiger partial charge in [0.2, 0.25) is 5.91 Å². The molecule has 0 saturated carbocycles. The smallest absolute Gasteiger partial charge is 0.262 e. The predicted molar refractivity (Wildman–Crippen MR) is 92.9 cm³/mol. The Kier molecular flexibility index (Phi) is 7.40. The normalized spacial score (nSPS) is 18.2. The van der Waals surface area contributed by atoms with E-state index in [0.717, 1.165) is 0 Å². The van der Waals surface area contributed by atoms with Crippen LogP contribution in [0.4, 0.5) is 14.5 Å². The van der Waals surface area contributed by atoms with Crippen molar-refractivity contribution in [3.63, 3.8) is 0 Å². The third-order valence-corrected chi connectivity index (χ3v) is 3.77. The van der Waals surface area contributed by atoms with Gasteiger partial charge < -0.3 is 15.0 Å². The maximum Gasteiger partial charge on any atom is 0.262 e. The zero-order valence-electron chi connectivity index (χ0n) is 13.6. The van der Waals surface area contributed by atoms with Crippen molar-refractivity contribution in [3.8, 4) is 5.75 Å². The van der Waals surface area contributed by atoms with Crippen LogP contribution in [0.3, 0.4) is 0 Å². The number of halogens is 4. The fourth-order valence-corrected chi connectivity index (χ4v) is 2.33. The first-order valence-corrected chi connectivity index (χ1v) is 7.60. The summed E-state index contributed by atoms with van der Waals surface area (Å²) >= 11 is 6.04. The van der Waals surface area contributed by atoms with Gasteiger partial charge in [-0.2, -0.15) is 0 Å². The molecular weight excluding hydrogens is 379 g/mol. The fraction of sp³-hybridized carbons (Fsp3) is 0.467. The highest BCUT2D eigenvalue weighted by Crippen LogP contribution is 2.29. The van der Waals surface area contributed by atoms with E-state index in [0.29, 0.717) is 5.69 Å². The number of hydrogen-bond acceptors (Lipinski definition) is 4. The second-order valence-electron chi connectivity index (χ2n) is 5.70. The maximum absolute atomic E-state index is 13.1. The fourth-order valence-electron chi connectivity index (χ4n) is 2.09. The van der Waals surface area contributed by atoms with Gasteiger partial charge in [-0.05, 0) is 18.2 Å². The van der Waals surface area contributed by atoms with Gasteiger partial charge in [-0.1, -0.05) is 11.6 Å². The number of hydrogen-bond donors (Lipinski definition) is 2. The van der Waals surface area contributed by atoms with Gasteiger partial charge in [-0.25, -0.2) is 8.78 Å². The number of likely N-dealkylation sites (N-methyl/N-ethyl adjacent to an activating group) is 1. The van der Waals surface area contributed by atoms with Crippen molar-refractivity contribution in [2.24, 2.45) is 0 Å². The molecule has 0 aliphatic carbocycles. The van der Waals surface area contributed by atoms with Crippen LogP contribution in [-0.2, 0) is 9.59 Å². The van der Waals surface area contributed by atoms with Crippen molar-refractivity contribution in [3.05, 3.63) is 23.2 Å². The van der Waals surface area contributed by atoms with Crippen molar-refractivity contribution in [1.82, 2.24) is 10.2 Å². The summed E-state index contributed by atoms with van der Waals surface area (Å²) < 4.78 is 31.5. The number of amides is 2. The van der Waals surface area contributed by atoms with Gasteiger partial charge in [0.15, 0.2) is 6.61 Å². The molecule has 0 spiro atoms. The molecule has 0 aromatic heterocycles. The highest BCUT2D eigenvalue weighted by molar-refractivity contribution is 6.32. The maximum atomic E-state index is 13.1. The number of rotatable bonds is 5. The first-order chi connectivity index (χ1) is 11.2. The summed E-state index contributed by atoms with van der Waals surface area (Å²) in [5, 5.41) is 5.20. The lowest BCUT2D eigenvalue weighted by Crippen LogP contribution is -2.35. The minimum atomic E-state index is -2.88. The monoisotopic (exact) mass is 397 g/mol. The minimum Gasteiger partial charge on any atom is -0.482 e. The van der Waals surface area contributed by atoms with E-state index in [9.17, 15) is 18.4 Å². The predicted octanol–water partition coefficient (Wildman–Crippen LogP) is 2.16. The van der Waals surface area contributed by atoms with Gasteiger partial charge in [-0.15, -0.1) is 12.4 Å². The summed E-state index contributed by atoms with van der Waals surface area (Å²) in [4.78, 5) is 24.8. The molecule has 2 amide bonds. The summed E-state index contributed by atoms with van der Waals surface area (Å²) in [6.45, 7) is -0.683. The number of ether oxygens (including phenoxy) is 1. The van der Waals surface area contributed by atoms with Gasteiger partial charge >= 0.3 is 0 Å². The topological polar surface area (TPSA) is 70.7 Å². The van der Waals surface area contributed by atoms with Crippen LogP contribution >= 0.6 is 24.0 Å². The Morgan fingerprint density at radius 1 is 1.44 bits per heavy atom. The first kappa shape index (κ1) is 21.4. The molecule has 2 N–H and O–H groups in total. The summed E-state index contributed by atoms with van der Waals surface area (Å²) in [7, 11) is 3.21. The van der Waals surface area contributed by atoms with E-state index in [1.165, 1.54) is 23.1 Å². The van der Waals surface area contributed by atoms with Gasteiger partial charge in [0.25, 0.3) is 11.8 Å². The van der Waals surface area contributed by atoms with Crippen molar-refractivity contribution < 1.29 is 23.1 Å². The molecule has 10 heteroatoms. The van der Waals surface area contributed by atoms with E-state index in [1.54, 1.807) is 14.1 Å². The molecule has 1 aromatic rings. The Morgan fingerprint density at radius 2 is 2.12 bits per heavy atom. The molecule has 25 heavy (non-hydrogen) atoms. The number of anilines is 1. The Bertz CT molecular complexity index is 644. The molecule has 1 heterocycles. The van der Waals surface area contributed by atoms with Crippen molar-refractivity contribution in [2.45, 2.75) is 18.4 Å². The molecule has 0 bridgehead atoms. The van der Waals surface area contributed by atoms with E-state index in [4.69, 9.17) is 16.3 Å².